The number of thiazole rings is 1. The van der Waals surface area contributed by atoms with Crippen molar-refractivity contribution in [3.63, 3.8) is 0 Å². The van der Waals surface area contributed by atoms with E-state index >= 15 is 0 Å². The second-order valence-electron chi connectivity index (χ2n) is 4.52. The highest BCUT2D eigenvalue weighted by atomic mass is 32.1. The molecule has 19 heavy (non-hydrogen) atoms. The summed E-state index contributed by atoms with van der Waals surface area (Å²) in [7, 11) is 0. The van der Waals surface area contributed by atoms with Crippen LogP contribution in [0, 0.1) is 13.8 Å². The second-order valence-corrected chi connectivity index (χ2v) is 5.41. The Morgan fingerprint density at radius 1 is 1.21 bits per heavy atom. The molecule has 0 aliphatic heterocycles. The van der Waals surface area contributed by atoms with Crippen LogP contribution in [0.1, 0.15) is 30.3 Å². The lowest BCUT2D eigenvalue weighted by Gasteiger charge is -2.10. The van der Waals surface area contributed by atoms with E-state index in [-0.39, 0.29) is 0 Å². The van der Waals surface area contributed by atoms with Gasteiger partial charge in [0.25, 0.3) is 0 Å². The second kappa shape index (κ2) is 6.73. The molecule has 0 amide bonds. The first-order chi connectivity index (χ1) is 9.22. The molecule has 1 N–H and O–H groups in total. The maximum atomic E-state index is 4.61. The number of hydrogen-bond acceptors (Lipinski definition) is 5. The van der Waals surface area contributed by atoms with Crippen LogP contribution in [0.2, 0.25) is 0 Å². The molecular weight excluding hydrogens is 256 g/mol. The highest BCUT2D eigenvalue weighted by Crippen LogP contribution is 2.22. The van der Waals surface area contributed by atoms with E-state index < -0.39 is 0 Å². The van der Waals surface area contributed by atoms with E-state index in [4.69, 9.17) is 0 Å². The first-order valence-electron chi connectivity index (χ1n) is 6.66. The van der Waals surface area contributed by atoms with Crippen LogP contribution >= 0.6 is 11.3 Å². The van der Waals surface area contributed by atoms with Gasteiger partial charge >= 0.3 is 0 Å². The van der Waals surface area contributed by atoms with Gasteiger partial charge in [-0.25, -0.2) is 9.97 Å². The topological polar surface area (TPSA) is 50.7 Å². The third-order valence-electron chi connectivity index (χ3n) is 3.10. The minimum absolute atomic E-state index is 0.799. The average Bonchev–Trinajstić information content (AvgIpc) is 2.90. The third kappa shape index (κ3) is 3.58. The molecule has 0 aliphatic rings. The summed E-state index contributed by atoms with van der Waals surface area (Å²) in [6, 6.07) is 0. The van der Waals surface area contributed by atoms with Crippen molar-refractivity contribution in [1.82, 2.24) is 20.3 Å². The Balaban J connectivity index is 2.13. The van der Waals surface area contributed by atoms with Gasteiger partial charge in [0.15, 0.2) is 5.82 Å². The normalized spacial score (nSPS) is 10.9. The van der Waals surface area contributed by atoms with Gasteiger partial charge in [0.05, 0.1) is 10.4 Å². The van der Waals surface area contributed by atoms with Gasteiger partial charge in [0.2, 0.25) is 0 Å². The van der Waals surface area contributed by atoms with Crippen LogP contribution in [-0.4, -0.2) is 28.0 Å². The molecule has 0 unspecified atom stereocenters. The largest absolute Gasteiger partial charge is 0.317 e. The Labute approximate surface area is 118 Å². The monoisotopic (exact) mass is 276 g/mol. The molecule has 2 heterocycles. The zero-order valence-electron chi connectivity index (χ0n) is 11.7. The van der Waals surface area contributed by atoms with E-state index in [1.165, 1.54) is 5.56 Å². The van der Waals surface area contributed by atoms with Crippen molar-refractivity contribution in [3.05, 3.63) is 28.7 Å². The summed E-state index contributed by atoms with van der Waals surface area (Å²) in [4.78, 5) is 14.3. The van der Waals surface area contributed by atoms with Gasteiger partial charge in [-0.3, -0.25) is 4.98 Å². The first kappa shape index (κ1) is 14.1. The van der Waals surface area contributed by atoms with Crippen molar-refractivity contribution < 1.29 is 0 Å². The fourth-order valence-corrected chi connectivity index (χ4v) is 2.66. The summed E-state index contributed by atoms with van der Waals surface area (Å²) in [5, 5.41) is 3.34. The molecule has 0 radical (unpaired) electrons. The van der Waals surface area contributed by atoms with Crippen LogP contribution < -0.4 is 5.32 Å². The molecule has 0 bridgehead atoms. The Kier molecular flexibility index (Phi) is 4.99. The van der Waals surface area contributed by atoms with E-state index in [1.807, 2.05) is 11.7 Å². The first-order valence-corrected chi connectivity index (χ1v) is 7.54. The van der Waals surface area contributed by atoms with Gasteiger partial charge in [-0.1, -0.05) is 6.92 Å². The molecule has 0 atom stereocenters. The summed E-state index contributed by atoms with van der Waals surface area (Å²) in [5.74, 6) is 0.799. The zero-order valence-corrected chi connectivity index (χ0v) is 12.5. The highest BCUT2D eigenvalue weighted by Gasteiger charge is 2.10. The lowest BCUT2D eigenvalue weighted by Crippen LogP contribution is -2.15. The van der Waals surface area contributed by atoms with Crippen molar-refractivity contribution in [1.29, 1.82) is 0 Å². The van der Waals surface area contributed by atoms with Crippen LogP contribution in [0.4, 0.5) is 0 Å². The minimum atomic E-state index is 0.799. The van der Waals surface area contributed by atoms with Crippen molar-refractivity contribution in [2.24, 2.45) is 0 Å². The molecule has 2 aromatic heterocycles. The number of rotatable bonds is 6. The van der Waals surface area contributed by atoms with E-state index in [0.29, 0.717) is 0 Å². The standard InChI is InChI=1S/C14H20N4S/c1-4-15-7-5-6-12-10(2)17-14(18-11(12)3)13-8-16-9-19-13/h8-9,15H,4-7H2,1-3H3. The van der Waals surface area contributed by atoms with Crippen LogP contribution in [0.5, 0.6) is 0 Å². The predicted molar refractivity (Wildman–Crippen MR) is 79.5 cm³/mol. The summed E-state index contributed by atoms with van der Waals surface area (Å²) in [6.45, 7) is 8.35. The van der Waals surface area contributed by atoms with E-state index in [9.17, 15) is 0 Å². The molecule has 2 aromatic rings. The van der Waals surface area contributed by atoms with Crippen LogP contribution in [0.15, 0.2) is 11.7 Å². The molecule has 102 valence electrons. The number of hydrogen-bond donors (Lipinski definition) is 1. The van der Waals surface area contributed by atoms with Crippen LogP contribution in [0.3, 0.4) is 0 Å². The molecule has 0 aliphatic carbocycles. The summed E-state index contributed by atoms with van der Waals surface area (Å²) in [6.07, 6.45) is 3.98. The average molecular weight is 276 g/mol. The third-order valence-corrected chi connectivity index (χ3v) is 3.87. The van der Waals surface area contributed by atoms with E-state index in [0.717, 1.165) is 48.0 Å². The molecule has 0 saturated carbocycles. The van der Waals surface area contributed by atoms with Crippen molar-refractivity contribution in [2.45, 2.75) is 33.6 Å². The Morgan fingerprint density at radius 2 is 1.95 bits per heavy atom. The quantitative estimate of drug-likeness (QED) is 0.824. The van der Waals surface area contributed by atoms with Crippen LogP contribution in [-0.2, 0) is 6.42 Å². The SMILES string of the molecule is CCNCCCc1c(C)nc(-c2cncs2)nc1C. The Bertz CT molecular complexity index is 499. The molecular formula is C14H20N4S. The molecule has 0 aromatic carbocycles. The fourth-order valence-electron chi connectivity index (χ4n) is 2.10. The van der Waals surface area contributed by atoms with Gasteiger partial charge in [0, 0.05) is 17.6 Å². The number of nitrogens with one attached hydrogen (secondary N) is 1. The molecule has 0 spiro atoms. The van der Waals surface area contributed by atoms with Crippen molar-refractivity contribution in [3.8, 4) is 10.7 Å². The number of nitrogens with zero attached hydrogens (tertiary/aromatic N) is 3. The van der Waals surface area contributed by atoms with Crippen molar-refractivity contribution in [2.75, 3.05) is 13.1 Å². The summed E-state index contributed by atoms with van der Waals surface area (Å²) >= 11 is 1.58. The van der Waals surface area contributed by atoms with Gasteiger partial charge in [-0.15, -0.1) is 11.3 Å². The summed E-state index contributed by atoms with van der Waals surface area (Å²) in [5.41, 5.74) is 5.28. The highest BCUT2D eigenvalue weighted by molar-refractivity contribution is 7.13. The fraction of sp³-hybridized carbons (Fsp3) is 0.500. The van der Waals surface area contributed by atoms with Gasteiger partial charge < -0.3 is 5.32 Å². The van der Waals surface area contributed by atoms with Crippen LogP contribution in [0.25, 0.3) is 10.7 Å². The zero-order chi connectivity index (χ0) is 13.7. The Hall–Kier alpha value is -1.33. The lowest BCUT2D eigenvalue weighted by atomic mass is 10.1. The molecule has 0 fully saturated rings. The summed E-state index contributed by atoms with van der Waals surface area (Å²) < 4.78 is 0. The number of aromatic nitrogens is 3. The maximum absolute atomic E-state index is 4.61. The van der Waals surface area contributed by atoms with Gasteiger partial charge in [0.1, 0.15) is 0 Å². The minimum Gasteiger partial charge on any atom is -0.317 e. The molecule has 4 nitrogen and oxygen atoms in total. The lowest BCUT2D eigenvalue weighted by molar-refractivity contribution is 0.667. The van der Waals surface area contributed by atoms with E-state index in [2.05, 4.69) is 41.0 Å². The van der Waals surface area contributed by atoms with Gasteiger partial charge in [-0.05, 0) is 45.3 Å². The molecule has 2 rings (SSSR count). The number of aryl methyl sites for hydroxylation is 2. The van der Waals surface area contributed by atoms with Crippen molar-refractivity contribution >= 4 is 11.3 Å². The molecule has 0 saturated heterocycles. The Morgan fingerprint density at radius 3 is 2.53 bits per heavy atom. The smallest absolute Gasteiger partial charge is 0.171 e. The molecule has 5 heteroatoms. The predicted octanol–water partition coefficient (Wildman–Crippen LogP) is 2.76. The van der Waals surface area contributed by atoms with Gasteiger partial charge in [-0.2, -0.15) is 0 Å². The maximum Gasteiger partial charge on any atom is 0.171 e. The van der Waals surface area contributed by atoms with E-state index in [1.54, 1.807) is 11.3 Å².